The third kappa shape index (κ3) is 1.98. The van der Waals surface area contributed by atoms with Gasteiger partial charge in [0.05, 0.1) is 4.90 Å². The summed E-state index contributed by atoms with van der Waals surface area (Å²) in [6.45, 7) is 3.77. The second-order valence-electron chi connectivity index (χ2n) is 2.67. The van der Waals surface area contributed by atoms with Gasteiger partial charge in [0.25, 0.3) is 0 Å². The van der Waals surface area contributed by atoms with Crippen LogP contribution in [0.1, 0.15) is 11.1 Å². The van der Waals surface area contributed by atoms with Crippen molar-refractivity contribution >= 4 is 27.7 Å². The highest BCUT2D eigenvalue weighted by atomic mass is 79.9. The molecule has 0 aliphatic carbocycles. The SMILES string of the molecule is Cc1cc(O)c(SC#N)c(C)c1Br. The molecule has 0 heterocycles. The van der Waals surface area contributed by atoms with Crippen LogP contribution in [0, 0.1) is 24.5 Å². The molecule has 0 saturated carbocycles. The average molecular weight is 258 g/mol. The predicted octanol–water partition coefficient (Wildman–Crippen LogP) is 3.34. The van der Waals surface area contributed by atoms with E-state index in [1.807, 2.05) is 19.2 Å². The van der Waals surface area contributed by atoms with Gasteiger partial charge < -0.3 is 5.11 Å². The lowest BCUT2D eigenvalue weighted by Gasteiger charge is -2.08. The van der Waals surface area contributed by atoms with Crippen LogP contribution in [-0.2, 0) is 0 Å². The van der Waals surface area contributed by atoms with E-state index in [4.69, 9.17) is 5.26 Å². The number of hydrogen-bond acceptors (Lipinski definition) is 3. The fourth-order valence-corrected chi connectivity index (χ4v) is 2.05. The van der Waals surface area contributed by atoms with E-state index in [0.717, 1.165) is 27.4 Å². The van der Waals surface area contributed by atoms with Crippen LogP contribution in [0.2, 0.25) is 0 Å². The Hall–Kier alpha value is -0.660. The second-order valence-corrected chi connectivity index (χ2v) is 4.26. The fourth-order valence-electron chi connectivity index (χ4n) is 1.10. The number of phenolic OH excluding ortho intramolecular Hbond substituents is 1. The van der Waals surface area contributed by atoms with Gasteiger partial charge in [0.15, 0.2) is 0 Å². The van der Waals surface area contributed by atoms with Crippen LogP contribution in [0.3, 0.4) is 0 Å². The largest absolute Gasteiger partial charge is 0.507 e. The number of aryl methyl sites for hydroxylation is 1. The van der Waals surface area contributed by atoms with Gasteiger partial charge in [-0.2, -0.15) is 5.26 Å². The molecule has 0 saturated heterocycles. The van der Waals surface area contributed by atoms with Gasteiger partial charge in [0, 0.05) is 4.47 Å². The van der Waals surface area contributed by atoms with Gasteiger partial charge >= 0.3 is 0 Å². The number of hydrogen-bond donors (Lipinski definition) is 1. The Balaban J connectivity index is 3.36. The summed E-state index contributed by atoms with van der Waals surface area (Å²) < 4.78 is 0.947. The van der Waals surface area contributed by atoms with Gasteiger partial charge in [0.1, 0.15) is 11.2 Å². The van der Waals surface area contributed by atoms with Crippen LogP contribution in [0.5, 0.6) is 5.75 Å². The summed E-state index contributed by atoms with van der Waals surface area (Å²) in [6.07, 6.45) is 0. The highest BCUT2D eigenvalue weighted by Gasteiger charge is 2.11. The van der Waals surface area contributed by atoms with Crippen LogP contribution in [0.25, 0.3) is 0 Å². The van der Waals surface area contributed by atoms with Crippen molar-refractivity contribution in [1.82, 2.24) is 0 Å². The molecule has 1 N–H and O–H groups in total. The number of benzene rings is 1. The van der Waals surface area contributed by atoms with E-state index in [-0.39, 0.29) is 5.75 Å². The lowest BCUT2D eigenvalue weighted by atomic mass is 10.1. The first kappa shape index (κ1) is 10.4. The molecule has 1 rings (SSSR count). The van der Waals surface area contributed by atoms with Crippen molar-refractivity contribution in [1.29, 1.82) is 5.26 Å². The lowest BCUT2D eigenvalue weighted by Crippen LogP contribution is -1.86. The molecular weight excluding hydrogens is 250 g/mol. The maximum Gasteiger partial charge on any atom is 0.138 e. The molecule has 13 heavy (non-hydrogen) atoms. The number of nitriles is 1. The molecule has 0 bridgehead atoms. The zero-order valence-corrected chi connectivity index (χ0v) is 9.66. The van der Waals surface area contributed by atoms with Crippen LogP contribution in [0.4, 0.5) is 0 Å². The molecule has 2 nitrogen and oxygen atoms in total. The molecule has 0 atom stereocenters. The van der Waals surface area contributed by atoms with E-state index >= 15 is 0 Å². The molecule has 0 amide bonds. The molecule has 0 fully saturated rings. The molecule has 1 aromatic rings. The lowest BCUT2D eigenvalue weighted by molar-refractivity contribution is 0.461. The van der Waals surface area contributed by atoms with E-state index in [1.165, 1.54) is 0 Å². The van der Waals surface area contributed by atoms with E-state index < -0.39 is 0 Å². The summed E-state index contributed by atoms with van der Waals surface area (Å²) in [6, 6.07) is 1.65. The van der Waals surface area contributed by atoms with Crippen LogP contribution >= 0.6 is 27.7 Å². The van der Waals surface area contributed by atoms with Crippen molar-refractivity contribution in [2.75, 3.05) is 0 Å². The number of halogens is 1. The second kappa shape index (κ2) is 4.03. The standard InChI is InChI=1S/C9H8BrNOS/c1-5-3-7(12)9(13-4-11)6(2)8(5)10/h3,12H,1-2H3. The Kier molecular flexibility index (Phi) is 3.23. The fraction of sp³-hybridized carbons (Fsp3) is 0.222. The molecule has 68 valence electrons. The zero-order valence-electron chi connectivity index (χ0n) is 7.26. The maximum atomic E-state index is 9.53. The van der Waals surface area contributed by atoms with Gasteiger partial charge in [-0.15, -0.1) is 0 Å². The number of thioether (sulfide) groups is 1. The van der Waals surface area contributed by atoms with E-state index in [0.29, 0.717) is 4.90 Å². The highest BCUT2D eigenvalue weighted by molar-refractivity contribution is 9.10. The number of phenols is 1. The highest BCUT2D eigenvalue weighted by Crippen LogP contribution is 2.37. The first-order valence-corrected chi connectivity index (χ1v) is 5.23. The minimum absolute atomic E-state index is 0.171. The molecule has 0 unspecified atom stereocenters. The monoisotopic (exact) mass is 257 g/mol. The van der Waals surface area contributed by atoms with Gasteiger partial charge in [-0.05, 0) is 42.8 Å². The Morgan fingerprint density at radius 3 is 2.69 bits per heavy atom. The third-order valence-corrected chi connectivity index (χ3v) is 3.78. The smallest absolute Gasteiger partial charge is 0.138 e. The first-order valence-electron chi connectivity index (χ1n) is 3.62. The molecular formula is C9H8BrNOS. The third-order valence-electron chi connectivity index (χ3n) is 1.75. The number of thiocyanates is 1. The molecule has 0 aliphatic heterocycles. The maximum absolute atomic E-state index is 9.53. The molecule has 4 heteroatoms. The molecule has 0 aliphatic rings. The van der Waals surface area contributed by atoms with Gasteiger partial charge in [-0.1, -0.05) is 15.9 Å². The minimum Gasteiger partial charge on any atom is -0.507 e. The Morgan fingerprint density at radius 2 is 2.15 bits per heavy atom. The first-order chi connectivity index (χ1) is 6.07. The van der Waals surface area contributed by atoms with Crippen molar-refractivity contribution in [2.24, 2.45) is 0 Å². The van der Waals surface area contributed by atoms with E-state index in [1.54, 1.807) is 6.07 Å². The topological polar surface area (TPSA) is 44.0 Å². The van der Waals surface area contributed by atoms with Gasteiger partial charge in [0.2, 0.25) is 0 Å². The van der Waals surface area contributed by atoms with Crippen LogP contribution in [-0.4, -0.2) is 5.11 Å². The predicted molar refractivity (Wildman–Crippen MR) is 56.8 cm³/mol. The molecule has 1 aromatic carbocycles. The number of rotatable bonds is 1. The van der Waals surface area contributed by atoms with Crippen molar-refractivity contribution in [3.05, 3.63) is 21.7 Å². The summed E-state index contributed by atoms with van der Waals surface area (Å²) in [7, 11) is 0. The van der Waals surface area contributed by atoms with Crippen molar-refractivity contribution in [3.8, 4) is 11.2 Å². The normalized spacial score (nSPS) is 9.69. The van der Waals surface area contributed by atoms with E-state index in [9.17, 15) is 5.11 Å². The van der Waals surface area contributed by atoms with E-state index in [2.05, 4.69) is 15.9 Å². The summed E-state index contributed by atoms with van der Waals surface area (Å²) in [5.74, 6) is 0.171. The van der Waals surface area contributed by atoms with Gasteiger partial charge in [-0.25, -0.2) is 0 Å². The van der Waals surface area contributed by atoms with Crippen molar-refractivity contribution < 1.29 is 5.11 Å². The Bertz CT molecular complexity index is 384. The average Bonchev–Trinajstić information content (AvgIpc) is 2.09. The minimum atomic E-state index is 0.171. The molecule has 0 aromatic heterocycles. The zero-order chi connectivity index (χ0) is 10.0. The summed E-state index contributed by atoms with van der Waals surface area (Å²) in [5, 5.41) is 20.0. The summed E-state index contributed by atoms with van der Waals surface area (Å²) in [5.41, 5.74) is 1.88. The quantitative estimate of drug-likeness (QED) is 0.620. The number of nitrogens with zero attached hydrogens (tertiary/aromatic N) is 1. The van der Waals surface area contributed by atoms with Gasteiger partial charge in [-0.3, -0.25) is 0 Å². The van der Waals surface area contributed by atoms with Crippen LogP contribution < -0.4 is 0 Å². The Morgan fingerprint density at radius 1 is 1.54 bits per heavy atom. The Labute approximate surface area is 89.7 Å². The van der Waals surface area contributed by atoms with Crippen molar-refractivity contribution in [2.45, 2.75) is 18.7 Å². The van der Waals surface area contributed by atoms with Crippen molar-refractivity contribution in [3.63, 3.8) is 0 Å². The molecule has 0 radical (unpaired) electrons. The summed E-state index contributed by atoms with van der Waals surface area (Å²) in [4.78, 5) is 0.625. The number of aromatic hydroxyl groups is 1. The van der Waals surface area contributed by atoms with Crippen LogP contribution in [0.15, 0.2) is 15.4 Å². The summed E-state index contributed by atoms with van der Waals surface area (Å²) >= 11 is 4.38. The molecule has 0 spiro atoms.